The van der Waals surface area contributed by atoms with Gasteiger partial charge in [-0.25, -0.2) is 4.39 Å². The minimum atomic E-state index is -4.61. The lowest BCUT2D eigenvalue weighted by Gasteiger charge is -2.07. The van der Waals surface area contributed by atoms with Gasteiger partial charge in [0, 0.05) is 34.4 Å². The largest absolute Gasteiger partial charge is 0.416 e. The van der Waals surface area contributed by atoms with Crippen LogP contribution < -0.4 is 5.32 Å². The maximum absolute atomic E-state index is 13.7. The Bertz CT molecular complexity index is 957. The number of aromatic nitrogens is 1. The maximum atomic E-state index is 13.7. The summed E-state index contributed by atoms with van der Waals surface area (Å²) in [4.78, 5) is 14.9. The van der Waals surface area contributed by atoms with Crippen molar-refractivity contribution in [3.63, 3.8) is 0 Å². The quantitative estimate of drug-likeness (QED) is 0.509. The van der Waals surface area contributed by atoms with Crippen molar-refractivity contribution in [3.05, 3.63) is 71.7 Å². The van der Waals surface area contributed by atoms with Crippen LogP contribution in [-0.4, -0.2) is 10.9 Å². The number of carbonyl (C=O) groups is 1. The fourth-order valence-electron chi connectivity index (χ4n) is 2.32. The zero-order valence-electron chi connectivity index (χ0n) is 12.7. The van der Waals surface area contributed by atoms with Crippen molar-refractivity contribution in [3.8, 4) is 0 Å². The van der Waals surface area contributed by atoms with Crippen LogP contribution in [0.25, 0.3) is 17.0 Å². The number of rotatable bonds is 3. The summed E-state index contributed by atoms with van der Waals surface area (Å²) in [6, 6.07) is 9.24. The molecule has 0 aliphatic rings. The highest BCUT2D eigenvalue weighted by Gasteiger charge is 2.30. The molecule has 0 saturated carbocycles. The van der Waals surface area contributed by atoms with Gasteiger partial charge in [0.25, 0.3) is 0 Å². The second-order valence-electron chi connectivity index (χ2n) is 5.34. The topological polar surface area (TPSA) is 44.9 Å². The van der Waals surface area contributed by atoms with E-state index < -0.39 is 23.5 Å². The molecule has 128 valence electrons. The zero-order valence-corrected chi connectivity index (χ0v) is 12.7. The predicted octanol–water partition coefficient (Wildman–Crippen LogP) is 4.98. The molecule has 2 N–H and O–H groups in total. The molecule has 3 rings (SSSR count). The minimum absolute atomic E-state index is 0.107. The Hall–Kier alpha value is -3.09. The molecule has 0 spiro atoms. The molecule has 0 saturated heterocycles. The van der Waals surface area contributed by atoms with Crippen molar-refractivity contribution in [2.45, 2.75) is 6.18 Å². The molecule has 3 aromatic rings. The Balaban J connectivity index is 1.71. The molecule has 3 nitrogen and oxygen atoms in total. The van der Waals surface area contributed by atoms with Crippen LogP contribution in [0.15, 0.2) is 54.7 Å². The molecule has 1 amide bonds. The molecule has 25 heavy (non-hydrogen) atoms. The van der Waals surface area contributed by atoms with Crippen molar-refractivity contribution < 1.29 is 22.4 Å². The molecule has 7 heteroatoms. The van der Waals surface area contributed by atoms with Crippen molar-refractivity contribution >= 4 is 28.6 Å². The summed E-state index contributed by atoms with van der Waals surface area (Å²) in [5.74, 6) is -1.57. The van der Waals surface area contributed by atoms with Crippen molar-refractivity contribution in [2.24, 2.45) is 0 Å². The van der Waals surface area contributed by atoms with E-state index in [-0.39, 0.29) is 5.56 Å². The minimum Gasteiger partial charge on any atom is -0.361 e. The first-order valence-electron chi connectivity index (χ1n) is 7.26. The van der Waals surface area contributed by atoms with Crippen LogP contribution in [0.4, 0.5) is 23.2 Å². The monoisotopic (exact) mass is 348 g/mol. The van der Waals surface area contributed by atoms with E-state index in [2.05, 4.69) is 10.3 Å². The van der Waals surface area contributed by atoms with Crippen LogP contribution in [0.3, 0.4) is 0 Å². The highest BCUT2D eigenvalue weighted by atomic mass is 19.4. The summed E-state index contributed by atoms with van der Waals surface area (Å²) in [6.07, 6.45) is -0.659. The Morgan fingerprint density at radius 3 is 2.60 bits per heavy atom. The van der Waals surface area contributed by atoms with Gasteiger partial charge in [-0.3, -0.25) is 4.79 Å². The first kappa shape index (κ1) is 16.8. The van der Waals surface area contributed by atoms with E-state index in [1.165, 1.54) is 0 Å². The molecule has 0 fully saturated rings. The standard InChI is InChI=1S/C18H12F4N2O/c19-15-10-13(18(20,21)22)3-1-11(15)2-6-17(25)24-14-4-5-16-12(9-14)7-8-23-16/h1-10,23H,(H,24,25). The Kier molecular flexibility index (Phi) is 4.31. The maximum Gasteiger partial charge on any atom is 0.416 e. The van der Waals surface area contributed by atoms with Crippen LogP contribution in [0.1, 0.15) is 11.1 Å². The summed E-state index contributed by atoms with van der Waals surface area (Å²) in [6.45, 7) is 0. The van der Waals surface area contributed by atoms with Gasteiger partial charge in [-0.1, -0.05) is 6.07 Å². The summed E-state index contributed by atoms with van der Waals surface area (Å²) < 4.78 is 51.2. The Morgan fingerprint density at radius 2 is 1.88 bits per heavy atom. The van der Waals surface area contributed by atoms with Gasteiger partial charge >= 0.3 is 6.18 Å². The van der Waals surface area contributed by atoms with Crippen LogP contribution in [-0.2, 0) is 11.0 Å². The first-order valence-corrected chi connectivity index (χ1v) is 7.26. The van der Waals surface area contributed by atoms with Gasteiger partial charge in [0.1, 0.15) is 5.82 Å². The van der Waals surface area contributed by atoms with E-state index in [4.69, 9.17) is 0 Å². The number of carbonyl (C=O) groups excluding carboxylic acids is 1. The van der Waals surface area contributed by atoms with Crippen LogP contribution in [0, 0.1) is 5.82 Å². The van der Waals surface area contributed by atoms with Gasteiger partial charge < -0.3 is 10.3 Å². The third kappa shape index (κ3) is 3.88. The van der Waals surface area contributed by atoms with E-state index in [1.54, 1.807) is 24.4 Å². The molecule has 0 unspecified atom stereocenters. The molecule has 0 atom stereocenters. The van der Waals surface area contributed by atoms with Gasteiger partial charge in [-0.05, 0) is 42.5 Å². The van der Waals surface area contributed by atoms with Gasteiger partial charge in [0.15, 0.2) is 0 Å². The second-order valence-corrected chi connectivity index (χ2v) is 5.34. The summed E-state index contributed by atoms with van der Waals surface area (Å²) in [7, 11) is 0. The number of hydrogen-bond donors (Lipinski definition) is 2. The smallest absolute Gasteiger partial charge is 0.361 e. The summed E-state index contributed by atoms with van der Waals surface area (Å²) in [5, 5.41) is 3.52. The molecule has 1 heterocycles. The highest BCUT2D eigenvalue weighted by molar-refractivity contribution is 6.03. The zero-order chi connectivity index (χ0) is 18.0. The van der Waals surface area contributed by atoms with Crippen molar-refractivity contribution in [1.29, 1.82) is 0 Å². The van der Waals surface area contributed by atoms with E-state index in [9.17, 15) is 22.4 Å². The lowest BCUT2D eigenvalue weighted by atomic mass is 10.1. The van der Waals surface area contributed by atoms with Crippen LogP contribution in [0.5, 0.6) is 0 Å². The average molecular weight is 348 g/mol. The molecular weight excluding hydrogens is 336 g/mol. The third-order valence-corrected chi connectivity index (χ3v) is 3.56. The normalized spacial score (nSPS) is 12.0. The number of aromatic amines is 1. The lowest BCUT2D eigenvalue weighted by Crippen LogP contribution is -2.08. The van der Waals surface area contributed by atoms with Gasteiger partial charge in [0.05, 0.1) is 5.56 Å². The molecule has 2 aromatic carbocycles. The molecule has 0 aliphatic heterocycles. The average Bonchev–Trinajstić information content (AvgIpc) is 3.00. The predicted molar refractivity (Wildman–Crippen MR) is 87.4 cm³/mol. The molecule has 0 aliphatic carbocycles. The number of benzene rings is 2. The highest BCUT2D eigenvalue weighted by Crippen LogP contribution is 2.30. The van der Waals surface area contributed by atoms with E-state index >= 15 is 0 Å². The number of alkyl halides is 3. The SMILES string of the molecule is O=C(C=Cc1ccc(C(F)(F)F)cc1F)Nc1ccc2[nH]ccc2c1. The number of H-pyrrole nitrogens is 1. The second kappa shape index (κ2) is 6.43. The number of halogens is 4. The van der Waals surface area contributed by atoms with E-state index in [1.807, 2.05) is 6.07 Å². The number of anilines is 1. The van der Waals surface area contributed by atoms with Crippen LogP contribution >= 0.6 is 0 Å². The van der Waals surface area contributed by atoms with Crippen LogP contribution in [0.2, 0.25) is 0 Å². The Labute approximate surface area is 140 Å². The fourth-order valence-corrected chi connectivity index (χ4v) is 2.32. The summed E-state index contributed by atoms with van der Waals surface area (Å²) in [5.41, 5.74) is 0.283. The number of nitrogens with one attached hydrogen (secondary N) is 2. The van der Waals surface area contributed by atoms with E-state index in [0.29, 0.717) is 11.8 Å². The molecule has 0 bridgehead atoms. The van der Waals surface area contributed by atoms with Gasteiger partial charge in [-0.15, -0.1) is 0 Å². The van der Waals surface area contributed by atoms with Crippen molar-refractivity contribution in [2.75, 3.05) is 5.32 Å². The first-order chi connectivity index (χ1) is 11.8. The summed E-state index contributed by atoms with van der Waals surface area (Å²) >= 11 is 0. The molecule has 0 radical (unpaired) electrons. The molecular formula is C18H12F4N2O. The molecule has 1 aromatic heterocycles. The number of fused-ring (bicyclic) bond motifs is 1. The number of amides is 1. The number of hydrogen-bond acceptors (Lipinski definition) is 1. The fraction of sp³-hybridized carbons (Fsp3) is 0.0556. The lowest BCUT2D eigenvalue weighted by molar-refractivity contribution is -0.137. The van der Waals surface area contributed by atoms with Crippen molar-refractivity contribution in [1.82, 2.24) is 4.98 Å². The van der Waals surface area contributed by atoms with Gasteiger partial charge in [-0.2, -0.15) is 13.2 Å². The Morgan fingerprint density at radius 1 is 1.08 bits per heavy atom. The van der Waals surface area contributed by atoms with E-state index in [0.717, 1.165) is 35.2 Å². The van der Waals surface area contributed by atoms with Gasteiger partial charge in [0.2, 0.25) is 5.91 Å². The third-order valence-electron chi connectivity index (χ3n) is 3.56.